The Morgan fingerprint density at radius 3 is 2.39 bits per heavy atom. The van der Waals surface area contributed by atoms with Gasteiger partial charge in [-0.25, -0.2) is 0 Å². The van der Waals surface area contributed by atoms with Gasteiger partial charge in [-0.05, 0) is 65.5 Å². The lowest BCUT2D eigenvalue weighted by Crippen LogP contribution is -2.55. The summed E-state index contributed by atoms with van der Waals surface area (Å²) in [7, 11) is 6.24. The van der Waals surface area contributed by atoms with E-state index in [1.54, 1.807) is 0 Å². The third kappa shape index (κ3) is 3.47. The Kier molecular flexibility index (Phi) is 5.20. The largest absolute Gasteiger partial charge is 0.315 e. The molecular weight excluding hydrogens is 244 g/mol. The molecule has 0 amide bonds. The van der Waals surface area contributed by atoms with Gasteiger partial charge in [0.1, 0.15) is 0 Å². The number of likely N-dealkylation sites (N-methyl/N-ethyl adjacent to an activating group) is 2. The molecule has 0 aromatic heterocycles. The first-order chi connectivity index (χ1) is 8.28. The third-order valence-corrected chi connectivity index (χ3v) is 4.34. The van der Waals surface area contributed by atoms with Crippen molar-refractivity contribution in [2.24, 2.45) is 0 Å². The maximum Gasteiger partial charge on any atom is 0.0441 e. The van der Waals surface area contributed by atoms with Gasteiger partial charge in [0.25, 0.3) is 0 Å². The number of hydrogen-bond donors (Lipinski definition) is 1. The zero-order valence-electron chi connectivity index (χ0n) is 12.3. The summed E-state index contributed by atoms with van der Waals surface area (Å²) in [6.07, 6.45) is 0.931. The van der Waals surface area contributed by atoms with E-state index in [1.165, 1.54) is 11.1 Å². The highest BCUT2D eigenvalue weighted by atomic mass is 35.5. The van der Waals surface area contributed by atoms with Crippen LogP contribution in [0.3, 0.4) is 0 Å². The number of aryl methyl sites for hydroxylation is 1. The van der Waals surface area contributed by atoms with Crippen LogP contribution in [-0.2, 0) is 6.42 Å². The first kappa shape index (κ1) is 15.5. The molecule has 0 bridgehead atoms. The summed E-state index contributed by atoms with van der Waals surface area (Å²) < 4.78 is 0. The average molecular weight is 269 g/mol. The second kappa shape index (κ2) is 6.05. The normalized spacial score (nSPS) is 14.0. The molecule has 1 aromatic carbocycles. The van der Waals surface area contributed by atoms with Gasteiger partial charge in [0.15, 0.2) is 0 Å². The number of rotatable bonds is 5. The van der Waals surface area contributed by atoms with Gasteiger partial charge in [-0.2, -0.15) is 0 Å². The van der Waals surface area contributed by atoms with Crippen LogP contribution in [0.2, 0.25) is 5.02 Å². The quantitative estimate of drug-likeness (QED) is 0.883. The van der Waals surface area contributed by atoms with Crippen LogP contribution < -0.4 is 5.32 Å². The minimum atomic E-state index is 0.0724. The van der Waals surface area contributed by atoms with E-state index >= 15 is 0 Å². The first-order valence-corrected chi connectivity index (χ1v) is 6.76. The lowest BCUT2D eigenvalue weighted by Gasteiger charge is -2.40. The molecule has 0 aliphatic rings. The summed E-state index contributed by atoms with van der Waals surface area (Å²) in [6, 6.07) is 6.64. The summed E-state index contributed by atoms with van der Waals surface area (Å²) >= 11 is 6.32. The predicted octanol–water partition coefficient (Wildman–Crippen LogP) is 3.12. The molecule has 0 aliphatic carbocycles. The van der Waals surface area contributed by atoms with Crippen molar-refractivity contribution in [2.75, 3.05) is 21.1 Å². The van der Waals surface area contributed by atoms with Crippen molar-refractivity contribution >= 4 is 11.6 Å². The molecule has 1 rings (SSSR count). The maximum absolute atomic E-state index is 6.32. The summed E-state index contributed by atoms with van der Waals surface area (Å²) in [5.41, 5.74) is 2.48. The number of halogens is 1. The van der Waals surface area contributed by atoms with E-state index in [-0.39, 0.29) is 5.54 Å². The monoisotopic (exact) mass is 268 g/mol. The molecule has 3 heteroatoms. The van der Waals surface area contributed by atoms with Crippen molar-refractivity contribution in [3.8, 4) is 0 Å². The maximum atomic E-state index is 6.32. The summed E-state index contributed by atoms with van der Waals surface area (Å²) in [4.78, 5) is 2.25. The fourth-order valence-corrected chi connectivity index (χ4v) is 2.37. The van der Waals surface area contributed by atoms with E-state index in [2.05, 4.69) is 57.2 Å². The van der Waals surface area contributed by atoms with Crippen LogP contribution in [0.15, 0.2) is 18.2 Å². The number of hydrogen-bond acceptors (Lipinski definition) is 2. The van der Waals surface area contributed by atoms with Crippen LogP contribution in [0.5, 0.6) is 0 Å². The zero-order valence-corrected chi connectivity index (χ0v) is 13.1. The second-order valence-corrected chi connectivity index (χ2v) is 6.10. The Morgan fingerprint density at radius 2 is 1.94 bits per heavy atom. The van der Waals surface area contributed by atoms with E-state index in [9.17, 15) is 0 Å². The topological polar surface area (TPSA) is 15.3 Å². The highest BCUT2D eigenvalue weighted by molar-refractivity contribution is 6.31. The second-order valence-electron chi connectivity index (χ2n) is 5.69. The van der Waals surface area contributed by atoms with Gasteiger partial charge in [-0.3, -0.25) is 0 Å². The molecule has 18 heavy (non-hydrogen) atoms. The Bertz CT molecular complexity index is 399. The molecular formula is C15H25ClN2. The van der Waals surface area contributed by atoms with Gasteiger partial charge >= 0.3 is 0 Å². The SMILES string of the molecule is CNC(Cc1ccc(C)cc1Cl)C(C)(C)N(C)C. The smallest absolute Gasteiger partial charge is 0.0441 e. The van der Waals surface area contributed by atoms with Crippen LogP contribution in [0.1, 0.15) is 25.0 Å². The molecule has 0 fully saturated rings. The van der Waals surface area contributed by atoms with Gasteiger partial charge in [-0.15, -0.1) is 0 Å². The summed E-state index contributed by atoms with van der Waals surface area (Å²) in [5.74, 6) is 0. The Labute approximate surface area is 116 Å². The van der Waals surface area contributed by atoms with Gasteiger partial charge in [-0.1, -0.05) is 23.7 Å². The number of benzene rings is 1. The molecule has 1 N–H and O–H groups in total. The fraction of sp³-hybridized carbons (Fsp3) is 0.600. The van der Waals surface area contributed by atoms with Crippen LogP contribution in [0, 0.1) is 6.92 Å². The number of nitrogens with zero attached hydrogens (tertiary/aromatic N) is 1. The van der Waals surface area contributed by atoms with E-state index in [4.69, 9.17) is 11.6 Å². The molecule has 0 saturated carbocycles. The standard InChI is InChI=1S/C15H25ClN2/c1-11-7-8-12(13(16)9-11)10-14(17-4)15(2,3)18(5)6/h7-9,14,17H,10H2,1-6H3. The van der Waals surface area contributed by atoms with Crippen LogP contribution in [-0.4, -0.2) is 37.6 Å². The van der Waals surface area contributed by atoms with Gasteiger partial charge in [0.05, 0.1) is 0 Å². The molecule has 1 atom stereocenters. The third-order valence-electron chi connectivity index (χ3n) is 3.99. The van der Waals surface area contributed by atoms with Crippen LogP contribution in [0.4, 0.5) is 0 Å². The van der Waals surface area contributed by atoms with Crippen LogP contribution in [0.25, 0.3) is 0 Å². The highest BCUT2D eigenvalue weighted by Crippen LogP contribution is 2.24. The molecule has 102 valence electrons. The van der Waals surface area contributed by atoms with E-state index in [0.717, 1.165) is 11.4 Å². The predicted molar refractivity (Wildman–Crippen MR) is 80.5 cm³/mol. The molecule has 0 radical (unpaired) electrons. The van der Waals surface area contributed by atoms with E-state index in [0.29, 0.717) is 6.04 Å². The summed E-state index contributed by atoms with van der Waals surface area (Å²) in [5, 5.41) is 4.28. The van der Waals surface area contributed by atoms with Gasteiger partial charge in [0, 0.05) is 16.6 Å². The van der Waals surface area contributed by atoms with Crippen molar-refractivity contribution in [3.05, 3.63) is 34.3 Å². The van der Waals surface area contributed by atoms with Crippen molar-refractivity contribution < 1.29 is 0 Å². The minimum Gasteiger partial charge on any atom is -0.315 e. The lowest BCUT2D eigenvalue weighted by molar-refractivity contribution is 0.141. The molecule has 1 aromatic rings. The fourth-order valence-electron chi connectivity index (χ4n) is 2.05. The molecule has 0 spiro atoms. The van der Waals surface area contributed by atoms with Crippen LogP contribution >= 0.6 is 11.6 Å². The van der Waals surface area contributed by atoms with Crippen molar-refractivity contribution in [1.29, 1.82) is 0 Å². The Hall–Kier alpha value is -0.570. The molecule has 1 unspecified atom stereocenters. The highest BCUT2D eigenvalue weighted by Gasteiger charge is 2.30. The first-order valence-electron chi connectivity index (χ1n) is 6.38. The Balaban J connectivity index is 2.93. The number of nitrogens with one attached hydrogen (secondary N) is 1. The van der Waals surface area contributed by atoms with E-state index < -0.39 is 0 Å². The molecule has 0 heterocycles. The average Bonchev–Trinajstić information content (AvgIpc) is 2.27. The molecule has 0 saturated heterocycles. The summed E-state index contributed by atoms with van der Waals surface area (Å²) in [6.45, 7) is 6.56. The molecule has 0 aliphatic heterocycles. The van der Waals surface area contributed by atoms with Gasteiger partial charge < -0.3 is 10.2 Å². The Morgan fingerprint density at radius 1 is 1.33 bits per heavy atom. The minimum absolute atomic E-state index is 0.0724. The van der Waals surface area contributed by atoms with Crippen molar-refractivity contribution in [3.63, 3.8) is 0 Å². The van der Waals surface area contributed by atoms with E-state index in [1.807, 2.05) is 13.1 Å². The van der Waals surface area contributed by atoms with Crippen molar-refractivity contribution in [2.45, 2.75) is 38.8 Å². The van der Waals surface area contributed by atoms with Crippen molar-refractivity contribution in [1.82, 2.24) is 10.2 Å². The lowest BCUT2D eigenvalue weighted by atomic mass is 9.88. The zero-order chi connectivity index (χ0) is 13.9. The van der Waals surface area contributed by atoms with Gasteiger partial charge in [0.2, 0.25) is 0 Å². The molecule has 2 nitrogen and oxygen atoms in total.